The molecule has 0 spiro atoms. The molecule has 0 unspecified atom stereocenters. The predicted molar refractivity (Wildman–Crippen MR) is 138 cm³/mol. The molecule has 1 aromatic heterocycles. The third-order valence-corrected chi connectivity index (χ3v) is 8.42. The zero-order chi connectivity index (χ0) is 25.7. The van der Waals surface area contributed by atoms with Crippen LogP contribution < -0.4 is 10.6 Å². The predicted octanol–water partition coefficient (Wildman–Crippen LogP) is 4.70. The van der Waals surface area contributed by atoms with E-state index in [0.717, 1.165) is 0 Å². The number of piperidine rings is 1. The first-order valence-electron chi connectivity index (χ1n) is 11.3. The molecule has 2 heterocycles. The van der Waals surface area contributed by atoms with Gasteiger partial charge < -0.3 is 15.1 Å². The van der Waals surface area contributed by atoms with Gasteiger partial charge in [0, 0.05) is 29.1 Å². The van der Waals surface area contributed by atoms with E-state index in [-0.39, 0.29) is 43.1 Å². The molecular weight excluding hydrogens is 525 g/mol. The summed E-state index contributed by atoms with van der Waals surface area (Å²) >= 11 is 12.0. The van der Waals surface area contributed by atoms with Crippen LogP contribution in [-0.4, -0.2) is 37.6 Å². The average Bonchev–Trinajstić information content (AvgIpc) is 3.38. The minimum absolute atomic E-state index is 0.219. The van der Waals surface area contributed by atoms with E-state index in [0.29, 0.717) is 45.5 Å². The van der Waals surface area contributed by atoms with Crippen molar-refractivity contribution in [1.29, 1.82) is 0 Å². The zero-order valence-electron chi connectivity index (χ0n) is 19.2. The first kappa shape index (κ1) is 26.2. The van der Waals surface area contributed by atoms with Crippen molar-refractivity contribution in [3.05, 3.63) is 87.8 Å². The van der Waals surface area contributed by atoms with E-state index in [1.165, 1.54) is 16.6 Å². The molecule has 3 aromatic rings. The van der Waals surface area contributed by atoms with Gasteiger partial charge in [0.05, 0.1) is 29.8 Å². The highest BCUT2D eigenvalue weighted by molar-refractivity contribution is 7.88. The maximum atomic E-state index is 13.0. The van der Waals surface area contributed by atoms with Crippen molar-refractivity contribution in [2.75, 3.05) is 18.4 Å². The van der Waals surface area contributed by atoms with Crippen LogP contribution in [0.4, 0.5) is 5.69 Å². The molecule has 0 atom stereocenters. The Kier molecular flexibility index (Phi) is 8.35. The highest BCUT2D eigenvalue weighted by atomic mass is 35.5. The van der Waals surface area contributed by atoms with Crippen LogP contribution in [-0.2, 0) is 27.1 Å². The van der Waals surface area contributed by atoms with Crippen LogP contribution in [0.3, 0.4) is 0 Å². The zero-order valence-corrected chi connectivity index (χ0v) is 21.6. The first-order chi connectivity index (χ1) is 17.2. The van der Waals surface area contributed by atoms with Crippen molar-refractivity contribution in [3.63, 3.8) is 0 Å². The van der Waals surface area contributed by atoms with E-state index >= 15 is 0 Å². The molecule has 2 aromatic carbocycles. The fraction of sp³-hybridized carbons (Fsp3) is 0.280. The maximum Gasteiger partial charge on any atom is 0.253 e. The Morgan fingerprint density at radius 2 is 1.78 bits per heavy atom. The fourth-order valence-electron chi connectivity index (χ4n) is 4.02. The summed E-state index contributed by atoms with van der Waals surface area (Å²) in [6, 6.07) is 14.9. The van der Waals surface area contributed by atoms with Crippen LogP contribution in [0, 0.1) is 5.92 Å². The van der Waals surface area contributed by atoms with Gasteiger partial charge in [-0.1, -0.05) is 41.4 Å². The number of hydrogen-bond acceptors (Lipinski definition) is 5. The van der Waals surface area contributed by atoms with Crippen molar-refractivity contribution in [2.45, 2.75) is 25.1 Å². The Labute approximate surface area is 219 Å². The number of carbonyl (C=O) groups is 2. The Morgan fingerprint density at radius 1 is 1.03 bits per heavy atom. The van der Waals surface area contributed by atoms with Gasteiger partial charge in [-0.25, -0.2) is 12.7 Å². The molecule has 1 aliphatic rings. The second kappa shape index (κ2) is 11.5. The molecule has 1 aliphatic heterocycles. The smallest absolute Gasteiger partial charge is 0.253 e. The molecule has 4 rings (SSSR count). The first-order valence-corrected chi connectivity index (χ1v) is 13.7. The van der Waals surface area contributed by atoms with Gasteiger partial charge >= 0.3 is 0 Å². The van der Waals surface area contributed by atoms with E-state index in [4.69, 9.17) is 27.6 Å². The Bertz CT molecular complexity index is 1340. The lowest BCUT2D eigenvalue weighted by Crippen LogP contribution is -2.42. The van der Waals surface area contributed by atoms with Gasteiger partial charge in [-0.3, -0.25) is 9.59 Å². The molecule has 0 bridgehead atoms. The van der Waals surface area contributed by atoms with Crippen molar-refractivity contribution in [2.24, 2.45) is 5.92 Å². The maximum absolute atomic E-state index is 13.0. The molecule has 1 saturated heterocycles. The number of para-hydroxylation sites is 1. The number of anilines is 1. The summed E-state index contributed by atoms with van der Waals surface area (Å²) in [5.74, 6) is -0.594. The van der Waals surface area contributed by atoms with Gasteiger partial charge in [0.2, 0.25) is 15.9 Å². The largest absolute Gasteiger partial charge is 0.467 e. The molecule has 190 valence electrons. The van der Waals surface area contributed by atoms with Crippen molar-refractivity contribution < 1.29 is 22.4 Å². The van der Waals surface area contributed by atoms with E-state index in [1.54, 1.807) is 48.5 Å². The molecule has 0 saturated carbocycles. The van der Waals surface area contributed by atoms with Crippen LogP contribution in [0.2, 0.25) is 10.0 Å². The molecule has 36 heavy (non-hydrogen) atoms. The second-order valence-electron chi connectivity index (χ2n) is 8.46. The molecule has 8 nitrogen and oxygen atoms in total. The standard InChI is InChI=1S/C25H25Cl2N3O5S/c26-19-8-7-18(22(27)14-19)16-36(33,34)30-11-9-17(10-12-30)24(31)29-23-6-2-1-5-21(23)25(32)28-15-20-4-3-13-35-20/h1-8,13-14,17H,9-12,15-16H2,(H,28,32)(H,29,31). The molecular formula is C25H25Cl2N3O5S. The number of rotatable bonds is 8. The monoisotopic (exact) mass is 549 g/mol. The van der Waals surface area contributed by atoms with Crippen LogP contribution in [0.1, 0.15) is 34.5 Å². The SMILES string of the molecule is O=C(NCc1ccco1)c1ccccc1NC(=O)C1CCN(S(=O)(=O)Cc2ccc(Cl)cc2Cl)CC1. The van der Waals surface area contributed by atoms with Gasteiger partial charge in [-0.2, -0.15) is 0 Å². The summed E-state index contributed by atoms with van der Waals surface area (Å²) < 4.78 is 32.4. The molecule has 11 heteroatoms. The molecule has 2 amide bonds. The van der Waals surface area contributed by atoms with Crippen LogP contribution in [0.25, 0.3) is 0 Å². The number of nitrogens with one attached hydrogen (secondary N) is 2. The lowest BCUT2D eigenvalue weighted by molar-refractivity contribution is -0.120. The number of nitrogens with zero attached hydrogens (tertiary/aromatic N) is 1. The number of benzene rings is 2. The topological polar surface area (TPSA) is 109 Å². The van der Waals surface area contributed by atoms with Gasteiger partial charge in [-0.05, 0) is 54.8 Å². The minimum atomic E-state index is -3.61. The molecule has 0 aliphatic carbocycles. The van der Waals surface area contributed by atoms with Crippen LogP contribution in [0.15, 0.2) is 65.3 Å². The van der Waals surface area contributed by atoms with E-state index in [1.807, 2.05) is 0 Å². The summed E-state index contributed by atoms with van der Waals surface area (Å²) in [7, 11) is -3.61. The van der Waals surface area contributed by atoms with E-state index in [9.17, 15) is 18.0 Å². The Morgan fingerprint density at radius 3 is 2.47 bits per heavy atom. The Hall–Kier alpha value is -2.85. The molecule has 2 N–H and O–H groups in total. The van der Waals surface area contributed by atoms with Crippen molar-refractivity contribution in [3.8, 4) is 0 Å². The second-order valence-corrected chi connectivity index (χ2v) is 11.3. The molecule has 0 radical (unpaired) electrons. The van der Waals surface area contributed by atoms with Gasteiger partial charge in [0.25, 0.3) is 5.91 Å². The van der Waals surface area contributed by atoms with E-state index < -0.39 is 10.0 Å². The summed E-state index contributed by atoms with van der Waals surface area (Å²) in [5, 5.41) is 6.34. The highest BCUT2D eigenvalue weighted by Gasteiger charge is 2.32. The lowest BCUT2D eigenvalue weighted by Gasteiger charge is -2.30. The highest BCUT2D eigenvalue weighted by Crippen LogP contribution is 2.27. The molecule has 1 fully saturated rings. The number of hydrogen-bond donors (Lipinski definition) is 2. The number of sulfonamides is 1. The van der Waals surface area contributed by atoms with Gasteiger partial charge in [-0.15, -0.1) is 0 Å². The van der Waals surface area contributed by atoms with Crippen LogP contribution in [0.5, 0.6) is 0 Å². The minimum Gasteiger partial charge on any atom is -0.467 e. The fourth-order valence-corrected chi connectivity index (χ4v) is 6.17. The van der Waals surface area contributed by atoms with Crippen molar-refractivity contribution >= 4 is 50.7 Å². The lowest BCUT2D eigenvalue weighted by atomic mass is 9.97. The van der Waals surface area contributed by atoms with Gasteiger partial charge in [0.15, 0.2) is 0 Å². The average molecular weight is 550 g/mol. The van der Waals surface area contributed by atoms with Crippen LogP contribution >= 0.6 is 23.2 Å². The number of halogens is 2. The third-order valence-electron chi connectivity index (χ3n) is 6.00. The number of carbonyl (C=O) groups excluding carboxylic acids is 2. The van der Waals surface area contributed by atoms with E-state index in [2.05, 4.69) is 10.6 Å². The third kappa shape index (κ3) is 6.47. The van der Waals surface area contributed by atoms with Crippen molar-refractivity contribution in [1.82, 2.24) is 9.62 Å². The Balaban J connectivity index is 1.34. The summed E-state index contributed by atoms with van der Waals surface area (Å²) in [6.07, 6.45) is 2.26. The normalized spacial score (nSPS) is 14.9. The quantitative estimate of drug-likeness (QED) is 0.423. The summed E-state index contributed by atoms with van der Waals surface area (Å²) in [5.41, 5.74) is 1.20. The number of amides is 2. The summed E-state index contributed by atoms with van der Waals surface area (Å²) in [6.45, 7) is 0.663. The summed E-state index contributed by atoms with van der Waals surface area (Å²) in [4.78, 5) is 25.6. The number of furan rings is 1. The van der Waals surface area contributed by atoms with Gasteiger partial charge in [0.1, 0.15) is 5.76 Å².